The van der Waals surface area contributed by atoms with Gasteiger partial charge in [-0.3, -0.25) is 9.69 Å². The number of nitrogens with zero attached hydrogens (tertiary/aromatic N) is 4. The average molecular weight is 463 g/mol. The summed E-state index contributed by atoms with van der Waals surface area (Å²) in [6.07, 6.45) is 1.61. The molecule has 4 rings (SSSR count). The monoisotopic (exact) mass is 462 g/mol. The SMILES string of the molecule is CCC(=O)N1c2ccccc2-c2nnc(SC)nc2O[C@H]1c1ccc(Br)s1. The van der Waals surface area contributed by atoms with Crippen LogP contribution in [0.25, 0.3) is 11.3 Å². The molecule has 2 aromatic heterocycles. The molecule has 0 aliphatic carbocycles. The van der Waals surface area contributed by atoms with Crippen LogP contribution >= 0.6 is 39.0 Å². The molecule has 0 spiro atoms. The number of carbonyl (C=O) groups is 1. The molecule has 0 radical (unpaired) electrons. The Kier molecular flexibility index (Phi) is 5.16. The summed E-state index contributed by atoms with van der Waals surface area (Å²) in [6, 6.07) is 11.5. The molecule has 1 aliphatic heterocycles. The van der Waals surface area contributed by atoms with Crippen LogP contribution in [0.3, 0.4) is 0 Å². The van der Waals surface area contributed by atoms with Gasteiger partial charge in [-0.2, -0.15) is 4.98 Å². The van der Waals surface area contributed by atoms with Crippen molar-refractivity contribution < 1.29 is 9.53 Å². The van der Waals surface area contributed by atoms with Gasteiger partial charge in [-0.15, -0.1) is 21.5 Å². The van der Waals surface area contributed by atoms with Crippen LogP contribution in [0.5, 0.6) is 5.88 Å². The lowest BCUT2D eigenvalue weighted by molar-refractivity contribution is -0.120. The first-order chi connectivity index (χ1) is 13.1. The van der Waals surface area contributed by atoms with E-state index in [2.05, 4.69) is 31.1 Å². The molecule has 1 amide bonds. The van der Waals surface area contributed by atoms with Gasteiger partial charge in [0.1, 0.15) is 0 Å². The molecule has 1 atom stereocenters. The van der Waals surface area contributed by atoms with Crippen molar-refractivity contribution in [2.75, 3.05) is 11.2 Å². The van der Waals surface area contributed by atoms with E-state index in [1.165, 1.54) is 23.1 Å². The van der Waals surface area contributed by atoms with Gasteiger partial charge in [-0.05, 0) is 40.4 Å². The molecule has 138 valence electrons. The number of anilines is 1. The lowest BCUT2D eigenvalue weighted by Gasteiger charge is -2.29. The summed E-state index contributed by atoms with van der Waals surface area (Å²) < 4.78 is 7.25. The molecule has 3 heterocycles. The Hall–Kier alpha value is -1.97. The normalized spacial score (nSPS) is 15.5. The Morgan fingerprint density at radius 3 is 2.81 bits per heavy atom. The molecular formula is C18H15BrN4O2S2. The predicted molar refractivity (Wildman–Crippen MR) is 110 cm³/mol. The Morgan fingerprint density at radius 1 is 1.30 bits per heavy atom. The van der Waals surface area contributed by atoms with E-state index in [1.54, 1.807) is 4.90 Å². The van der Waals surface area contributed by atoms with Gasteiger partial charge in [-0.1, -0.05) is 36.9 Å². The molecule has 27 heavy (non-hydrogen) atoms. The number of rotatable bonds is 3. The van der Waals surface area contributed by atoms with Crippen LogP contribution in [0, 0.1) is 0 Å². The molecule has 0 saturated carbocycles. The van der Waals surface area contributed by atoms with Gasteiger partial charge in [0, 0.05) is 12.0 Å². The number of hydrogen-bond acceptors (Lipinski definition) is 7. The largest absolute Gasteiger partial charge is 0.446 e. The first-order valence-electron chi connectivity index (χ1n) is 8.24. The minimum absolute atomic E-state index is 0.0390. The lowest BCUT2D eigenvalue weighted by atomic mass is 10.1. The smallest absolute Gasteiger partial charge is 0.247 e. The number of carbonyl (C=O) groups excluding carboxylic acids is 1. The Balaban J connectivity index is 1.97. The summed E-state index contributed by atoms with van der Waals surface area (Å²) in [4.78, 5) is 20.0. The zero-order valence-corrected chi connectivity index (χ0v) is 17.8. The van der Waals surface area contributed by atoms with E-state index >= 15 is 0 Å². The highest BCUT2D eigenvalue weighted by molar-refractivity contribution is 9.11. The van der Waals surface area contributed by atoms with Crippen molar-refractivity contribution in [3.05, 3.63) is 45.1 Å². The fraction of sp³-hybridized carbons (Fsp3) is 0.222. The summed E-state index contributed by atoms with van der Waals surface area (Å²) in [5.74, 6) is 0.338. The number of thioether (sulfide) groups is 1. The maximum atomic E-state index is 12.9. The van der Waals surface area contributed by atoms with Crippen molar-refractivity contribution in [1.29, 1.82) is 0 Å². The summed E-state index contributed by atoms with van der Waals surface area (Å²) in [5.41, 5.74) is 2.06. The van der Waals surface area contributed by atoms with Crippen molar-refractivity contribution in [2.24, 2.45) is 0 Å². The van der Waals surface area contributed by atoms with Gasteiger partial charge in [0.05, 0.1) is 14.4 Å². The molecule has 0 unspecified atom stereocenters. The number of aromatic nitrogens is 3. The molecular weight excluding hydrogens is 448 g/mol. The van der Waals surface area contributed by atoms with Crippen LogP contribution in [0.1, 0.15) is 24.4 Å². The highest BCUT2D eigenvalue weighted by Crippen LogP contribution is 2.44. The second-order valence-corrected chi connectivity index (χ2v) is 8.97. The first kappa shape index (κ1) is 18.4. The number of fused-ring (bicyclic) bond motifs is 3. The van der Waals surface area contributed by atoms with Gasteiger partial charge >= 0.3 is 0 Å². The molecule has 6 nitrogen and oxygen atoms in total. The summed E-state index contributed by atoms with van der Waals surface area (Å²) >= 11 is 6.41. The van der Waals surface area contributed by atoms with Crippen LogP contribution in [0.15, 0.2) is 45.3 Å². The first-order valence-corrected chi connectivity index (χ1v) is 11.1. The molecule has 1 aliphatic rings. The lowest BCUT2D eigenvalue weighted by Crippen LogP contribution is -2.36. The van der Waals surface area contributed by atoms with E-state index in [9.17, 15) is 4.79 Å². The maximum Gasteiger partial charge on any atom is 0.247 e. The van der Waals surface area contributed by atoms with Crippen LogP contribution in [-0.2, 0) is 4.79 Å². The molecule has 0 saturated heterocycles. The third-order valence-electron chi connectivity index (χ3n) is 4.10. The fourth-order valence-electron chi connectivity index (χ4n) is 2.89. The Labute approximate surface area is 173 Å². The summed E-state index contributed by atoms with van der Waals surface area (Å²) in [7, 11) is 0. The molecule has 0 fully saturated rings. The van der Waals surface area contributed by atoms with Crippen molar-refractivity contribution >= 4 is 50.6 Å². The number of para-hydroxylation sites is 1. The molecule has 9 heteroatoms. The quantitative estimate of drug-likeness (QED) is 0.514. The third-order valence-corrected chi connectivity index (χ3v) is 6.30. The Morgan fingerprint density at radius 2 is 2.11 bits per heavy atom. The third kappa shape index (κ3) is 3.35. The van der Waals surface area contributed by atoms with Gasteiger partial charge in [-0.25, -0.2) is 0 Å². The topological polar surface area (TPSA) is 68.2 Å². The molecule has 1 aromatic carbocycles. The van der Waals surface area contributed by atoms with E-state index in [4.69, 9.17) is 4.74 Å². The van der Waals surface area contributed by atoms with Gasteiger partial charge in [0.2, 0.25) is 23.2 Å². The highest BCUT2D eigenvalue weighted by atomic mass is 79.9. The van der Waals surface area contributed by atoms with Crippen LogP contribution in [-0.4, -0.2) is 27.3 Å². The van der Waals surface area contributed by atoms with E-state index in [0.717, 1.165) is 19.9 Å². The van der Waals surface area contributed by atoms with Gasteiger partial charge in [0.25, 0.3) is 0 Å². The van der Waals surface area contributed by atoms with Crippen molar-refractivity contribution in [3.8, 4) is 17.1 Å². The van der Waals surface area contributed by atoms with Crippen molar-refractivity contribution in [1.82, 2.24) is 15.2 Å². The van der Waals surface area contributed by atoms with Crippen molar-refractivity contribution in [3.63, 3.8) is 0 Å². The van der Waals surface area contributed by atoms with Crippen LogP contribution < -0.4 is 9.64 Å². The minimum Gasteiger partial charge on any atom is -0.446 e. The number of hydrogen-bond donors (Lipinski definition) is 0. The predicted octanol–water partition coefficient (Wildman–Crippen LogP) is 4.92. The molecule has 3 aromatic rings. The molecule has 0 N–H and O–H groups in total. The van der Waals surface area contributed by atoms with E-state index < -0.39 is 6.23 Å². The summed E-state index contributed by atoms with van der Waals surface area (Å²) in [5, 5.41) is 9.02. The fourth-order valence-corrected chi connectivity index (χ4v) is 4.63. The number of halogens is 1. The van der Waals surface area contributed by atoms with Crippen LogP contribution in [0.2, 0.25) is 0 Å². The molecule has 0 bridgehead atoms. The number of ether oxygens (including phenoxy) is 1. The van der Waals surface area contributed by atoms with Gasteiger partial charge < -0.3 is 4.74 Å². The second-order valence-electron chi connectivity index (χ2n) is 5.70. The summed E-state index contributed by atoms with van der Waals surface area (Å²) in [6.45, 7) is 1.84. The number of benzene rings is 1. The zero-order chi connectivity index (χ0) is 19.0. The zero-order valence-electron chi connectivity index (χ0n) is 14.5. The average Bonchev–Trinajstić information content (AvgIpc) is 3.07. The number of amides is 1. The van der Waals surface area contributed by atoms with Crippen molar-refractivity contribution in [2.45, 2.75) is 24.7 Å². The van der Waals surface area contributed by atoms with E-state index in [1.807, 2.05) is 49.6 Å². The standard InChI is InChI=1S/C18H15BrN4O2S2/c1-3-14(24)23-11-7-5-4-6-10(11)15-16(20-18(26-2)22-21-15)25-17(23)12-8-9-13(19)27-12/h4-9,17H,3H2,1-2H3/t17-/m0/s1. The number of thiophene rings is 1. The maximum absolute atomic E-state index is 12.9. The van der Waals surface area contributed by atoms with Crippen LogP contribution in [0.4, 0.5) is 5.69 Å². The second kappa shape index (κ2) is 7.57. The Bertz CT molecular complexity index is 1010. The minimum atomic E-state index is -0.623. The highest BCUT2D eigenvalue weighted by Gasteiger charge is 2.35. The van der Waals surface area contributed by atoms with E-state index in [-0.39, 0.29) is 5.91 Å². The van der Waals surface area contributed by atoms with E-state index in [0.29, 0.717) is 23.2 Å². The van der Waals surface area contributed by atoms with Gasteiger partial charge in [0.15, 0.2) is 5.69 Å².